The number of carboxylic acids is 1. The second-order valence-corrected chi connectivity index (χ2v) is 1.13. The summed E-state index contributed by atoms with van der Waals surface area (Å²) in [4.78, 5) is 12.9. The molecule has 5 nitrogen and oxygen atoms in total. The van der Waals surface area contributed by atoms with Crippen LogP contribution in [0, 0.1) is 0 Å². The largest absolute Gasteiger partial charge is 2.00 e. The van der Waals surface area contributed by atoms with E-state index in [1.54, 1.807) is 0 Å². The molecule has 0 aliphatic heterocycles. The Bertz CT molecular complexity index is 128. The normalized spacial score (nSPS) is 7.11. The van der Waals surface area contributed by atoms with Crippen molar-refractivity contribution in [2.24, 2.45) is 16.5 Å². The Morgan fingerprint density at radius 3 is 2.22 bits per heavy atom. The van der Waals surface area contributed by atoms with Crippen LogP contribution in [0.25, 0.3) is 0 Å². The number of guanidine groups is 1. The molecule has 0 saturated heterocycles. The Hall–Kier alpha value is 0.311. The van der Waals surface area contributed by atoms with E-state index in [0.717, 1.165) is 0 Å². The van der Waals surface area contributed by atoms with Crippen molar-refractivity contribution >= 4 is 60.8 Å². The quantitative estimate of drug-likeness (QED) is 0.308. The maximum Gasteiger partial charge on any atom is 2.00 e. The van der Waals surface area contributed by atoms with E-state index in [-0.39, 0.29) is 64.2 Å². The van der Waals surface area contributed by atoms with Gasteiger partial charge in [0.1, 0.15) is 6.54 Å². The maximum absolute atomic E-state index is 9.69. The summed E-state index contributed by atoms with van der Waals surface area (Å²) in [6, 6.07) is 0. The Morgan fingerprint density at radius 2 is 2.11 bits per heavy atom. The standard InChI is InChI=1S/C3H7N3O2.Ba.2H/c4-3(5)6-1-2(7)8;;;/h1H2,(H,7,8)(H4,4,5,6);;;/q;+2;2*-1. The number of hydrogen-bond donors (Lipinski definition) is 3. The van der Waals surface area contributed by atoms with Crippen LogP contribution < -0.4 is 11.5 Å². The molecule has 9 heavy (non-hydrogen) atoms. The molecule has 0 aromatic rings. The van der Waals surface area contributed by atoms with E-state index in [1.165, 1.54) is 0 Å². The molecule has 0 fully saturated rings. The third kappa shape index (κ3) is 11.7. The number of aliphatic imine (C=N–C) groups is 1. The van der Waals surface area contributed by atoms with Crippen LogP contribution in [-0.4, -0.2) is 72.5 Å². The van der Waals surface area contributed by atoms with Crippen molar-refractivity contribution < 1.29 is 12.8 Å². The van der Waals surface area contributed by atoms with E-state index < -0.39 is 5.97 Å². The molecule has 0 aliphatic rings. The molecular formula is C3H9BaN3O2. The van der Waals surface area contributed by atoms with Crippen molar-refractivity contribution in [3.8, 4) is 0 Å². The molecule has 0 radical (unpaired) electrons. The second kappa shape index (κ2) is 6.43. The van der Waals surface area contributed by atoms with Gasteiger partial charge in [-0.3, -0.25) is 4.79 Å². The molecule has 0 unspecified atom stereocenters. The van der Waals surface area contributed by atoms with Gasteiger partial charge in [-0.25, -0.2) is 4.99 Å². The van der Waals surface area contributed by atoms with E-state index in [0.29, 0.717) is 0 Å². The topological polar surface area (TPSA) is 102 Å². The Balaban J connectivity index is -0.0000000817. The average Bonchev–Trinajstić information content (AvgIpc) is 1.61. The van der Waals surface area contributed by atoms with Gasteiger partial charge in [0.2, 0.25) is 0 Å². The second-order valence-electron chi connectivity index (χ2n) is 1.13. The number of nitrogens with two attached hydrogens (primary N) is 2. The van der Waals surface area contributed by atoms with Crippen LogP contribution in [0.5, 0.6) is 0 Å². The first kappa shape index (κ1) is 12.0. The predicted molar refractivity (Wildman–Crippen MR) is 36.3 cm³/mol. The minimum atomic E-state index is -1.04. The zero-order chi connectivity index (χ0) is 6.57. The Kier molecular flexibility index (Phi) is 8.60. The van der Waals surface area contributed by atoms with Gasteiger partial charge < -0.3 is 19.4 Å². The molecule has 0 aromatic carbocycles. The number of carbonyl (C=O) groups is 1. The van der Waals surface area contributed by atoms with Crippen LogP contribution in [0.4, 0.5) is 0 Å². The summed E-state index contributed by atoms with van der Waals surface area (Å²) in [6.45, 7) is -0.359. The van der Waals surface area contributed by atoms with Gasteiger partial charge in [-0.2, -0.15) is 0 Å². The summed E-state index contributed by atoms with van der Waals surface area (Å²) in [5, 5.41) is 7.94. The van der Waals surface area contributed by atoms with Gasteiger partial charge in [0.15, 0.2) is 5.96 Å². The fraction of sp³-hybridized carbons (Fsp3) is 0.333. The third-order valence-corrected chi connectivity index (χ3v) is 0.397. The number of hydrogen-bond acceptors (Lipinski definition) is 2. The molecule has 0 aliphatic carbocycles. The van der Waals surface area contributed by atoms with Gasteiger partial charge in [-0.1, -0.05) is 0 Å². The average molecular weight is 256 g/mol. The third-order valence-electron chi connectivity index (χ3n) is 0.397. The molecule has 0 saturated carbocycles. The number of rotatable bonds is 2. The van der Waals surface area contributed by atoms with Gasteiger partial charge >= 0.3 is 54.9 Å². The molecule has 5 N–H and O–H groups in total. The minimum absolute atomic E-state index is 0. The Labute approximate surface area is 95.5 Å². The molecule has 6 heteroatoms. The molecule has 0 spiro atoms. The summed E-state index contributed by atoms with van der Waals surface area (Å²) in [7, 11) is 0. The van der Waals surface area contributed by atoms with Crippen LogP contribution in [0.15, 0.2) is 4.99 Å². The van der Waals surface area contributed by atoms with Crippen LogP contribution in [-0.2, 0) is 4.79 Å². The predicted octanol–water partition coefficient (Wildman–Crippen LogP) is -1.81. The summed E-state index contributed by atoms with van der Waals surface area (Å²) in [5.41, 5.74) is 9.61. The van der Waals surface area contributed by atoms with Crippen molar-refractivity contribution in [3.63, 3.8) is 0 Å². The summed E-state index contributed by atoms with van der Waals surface area (Å²) in [6.07, 6.45) is 0. The van der Waals surface area contributed by atoms with Crippen LogP contribution in [0.2, 0.25) is 0 Å². The first-order chi connectivity index (χ1) is 3.63. The van der Waals surface area contributed by atoms with E-state index >= 15 is 0 Å². The minimum Gasteiger partial charge on any atom is -1.00 e. The molecule has 0 rings (SSSR count). The zero-order valence-electron chi connectivity index (χ0n) is 6.87. The van der Waals surface area contributed by atoms with Gasteiger partial charge in [-0.05, 0) is 0 Å². The first-order valence-electron chi connectivity index (χ1n) is 1.90. The van der Waals surface area contributed by atoms with E-state index in [2.05, 4.69) is 4.99 Å². The Morgan fingerprint density at radius 1 is 1.67 bits per heavy atom. The van der Waals surface area contributed by atoms with E-state index in [1.807, 2.05) is 0 Å². The van der Waals surface area contributed by atoms with Crippen molar-refractivity contribution in [3.05, 3.63) is 0 Å². The molecule has 0 atom stereocenters. The van der Waals surface area contributed by atoms with Crippen LogP contribution in [0.1, 0.15) is 2.85 Å². The summed E-state index contributed by atoms with van der Waals surface area (Å²) >= 11 is 0. The fourth-order valence-electron chi connectivity index (χ4n) is 0.159. The molecule has 0 bridgehead atoms. The SMILES string of the molecule is NC(N)=NCC(=O)O.[Ba+2].[H-].[H-]. The van der Waals surface area contributed by atoms with Crippen molar-refractivity contribution in [2.45, 2.75) is 0 Å². The van der Waals surface area contributed by atoms with Crippen LogP contribution >= 0.6 is 0 Å². The van der Waals surface area contributed by atoms with Gasteiger partial charge in [-0.15, -0.1) is 0 Å². The van der Waals surface area contributed by atoms with Crippen molar-refractivity contribution in [1.82, 2.24) is 0 Å². The van der Waals surface area contributed by atoms with Crippen molar-refractivity contribution in [1.29, 1.82) is 0 Å². The molecule has 0 heterocycles. The van der Waals surface area contributed by atoms with E-state index in [4.69, 9.17) is 16.6 Å². The van der Waals surface area contributed by atoms with E-state index in [9.17, 15) is 4.79 Å². The molecular weight excluding hydrogens is 247 g/mol. The van der Waals surface area contributed by atoms with Crippen LogP contribution in [0.3, 0.4) is 0 Å². The maximum atomic E-state index is 9.69. The van der Waals surface area contributed by atoms with Gasteiger partial charge in [0.25, 0.3) is 0 Å². The van der Waals surface area contributed by atoms with Crippen molar-refractivity contribution in [2.75, 3.05) is 6.54 Å². The molecule has 0 amide bonds. The number of aliphatic carboxylic acids is 1. The monoisotopic (exact) mass is 257 g/mol. The smallest absolute Gasteiger partial charge is 1.00 e. The summed E-state index contributed by atoms with van der Waals surface area (Å²) < 4.78 is 0. The molecule has 50 valence electrons. The summed E-state index contributed by atoms with van der Waals surface area (Å²) in [5.74, 6) is -1.24. The zero-order valence-corrected chi connectivity index (χ0v) is 9.31. The van der Waals surface area contributed by atoms with Gasteiger partial charge in [0, 0.05) is 0 Å². The first-order valence-corrected chi connectivity index (χ1v) is 1.90. The fourth-order valence-corrected chi connectivity index (χ4v) is 0.159. The van der Waals surface area contributed by atoms with Gasteiger partial charge in [0.05, 0.1) is 0 Å². The molecule has 0 aromatic heterocycles. The number of carboxylic acid groups (broad SMARTS) is 1. The number of nitrogens with zero attached hydrogens (tertiary/aromatic N) is 1.